The van der Waals surface area contributed by atoms with E-state index < -0.39 is 0 Å². The molecule has 1 saturated heterocycles. The van der Waals surface area contributed by atoms with Crippen LogP contribution in [0.2, 0.25) is 0 Å². The fourth-order valence-corrected chi connectivity index (χ4v) is 2.78. The third kappa shape index (κ3) is 2.59. The Bertz CT molecular complexity index is 840. The number of rotatable bonds is 3. The van der Waals surface area contributed by atoms with Crippen molar-refractivity contribution in [2.24, 2.45) is 0 Å². The average molecular weight is 305 g/mol. The number of fused-ring (bicyclic) bond motifs is 1. The maximum atomic E-state index is 12.5. The molecule has 0 bridgehead atoms. The molecule has 1 fully saturated rings. The Morgan fingerprint density at radius 2 is 1.96 bits per heavy atom. The molecule has 0 spiro atoms. The van der Waals surface area contributed by atoms with Crippen LogP contribution in [0.25, 0.3) is 10.9 Å². The summed E-state index contributed by atoms with van der Waals surface area (Å²) in [4.78, 5) is 27.0. The summed E-state index contributed by atoms with van der Waals surface area (Å²) < 4.78 is 0. The van der Waals surface area contributed by atoms with Crippen LogP contribution in [-0.4, -0.2) is 40.0 Å². The van der Waals surface area contributed by atoms with Gasteiger partial charge in [-0.3, -0.25) is 9.78 Å². The van der Waals surface area contributed by atoms with Crippen LogP contribution in [0, 0.1) is 0 Å². The van der Waals surface area contributed by atoms with E-state index in [2.05, 4.69) is 25.2 Å². The SMILES string of the molecule is O=C(NC1CN(c2ccncn2)C1)c1ccnc2ccccc12. The molecule has 1 N–H and O–H groups in total. The third-order valence-electron chi connectivity index (χ3n) is 4.00. The normalized spacial score (nSPS) is 14.5. The van der Waals surface area contributed by atoms with Crippen molar-refractivity contribution in [3.05, 3.63) is 60.7 Å². The lowest BCUT2D eigenvalue weighted by atomic mass is 10.1. The van der Waals surface area contributed by atoms with Gasteiger partial charge in [0.1, 0.15) is 12.1 Å². The van der Waals surface area contributed by atoms with E-state index in [0.717, 1.165) is 29.8 Å². The molecule has 2 aromatic heterocycles. The predicted octanol–water partition coefficient (Wildman–Crippen LogP) is 1.64. The van der Waals surface area contributed by atoms with E-state index in [4.69, 9.17) is 0 Å². The number of amides is 1. The number of benzene rings is 1. The second-order valence-electron chi connectivity index (χ2n) is 5.52. The van der Waals surface area contributed by atoms with E-state index in [1.165, 1.54) is 6.33 Å². The maximum absolute atomic E-state index is 12.5. The number of nitrogens with zero attached hydrogens (tertiary/aromatic N) is 4. The number of carbonyl (C=O) groups is 1. The summed E-state index contributed by atoms with van der Waals surface area (Å²) in [5.41, 5.74) is 1.49. The van der Waals surface area contributed by atoms with Crippen molar-refractivity contribution < 1.29 is 4.79 Å². The zero-order valence-corrected chi connectivity index (χ0v) is 12.4. The van der Waals surface area contributed by atoms with Gasteiger partial charge in [-0.25, -0.2) is 9.97 Å². The average Bonchev–Trinajstić information content (AvgIpc) is 2.58. The van der Waals surface area contributed by atoms with Crippen molar-refractivity contribution in [3.63, 3.8) is 0 Å². The molecule has 6 nitrogen and oxygen atoms in total. The summed E-state index contributed by atoms with van der Waals surface area (Å²) in [6.45, 7) is 1.51. The number of para-hydroxylation sites is 1. The van der Waals surface area contributed by atoms with E-state index in [-0.39, 0.29) is 11.9 Å². The van der Waals surface area contributed by atoms with Crippen molar-refractivity contribution >= 4 is 22.6 Å². The van der Waals surface area contributed by atoms with Crippen LogP contribution in [0.3, 0.4) is 0 Å². The summed E-state index contributed by atoms with van der Waals surface area (Å²) in [6.07, 6.45) is 4.92. The Morgan fingerprint density at radius 3 is 2.78 bits per heavy atom. The molecule has 0 unspecified atom stereocenters. The van der Waals surface area contributed by atoms with Gasteiger partial charge in [-0.05, 0) is 18.2 Å². The van der Waals surface area contributed by atoms with Crippen LogP contribution in [0.4, 0.5) is 5.82 Å². The molecule has 23 heavy (non-hydrogen) atoms. The smallest absolute Gasteiger partial charge is 0.252 e. The van der Waals surface area contributed by atoms with Crippen LogP contribution in [0.15, 0.2) is 55.1 Å². The van der Waals surface area contributed by atoms with Gasteiger partial charge in [0.05, 0.1) is 17.1 Å². The second kappa shape index (κ2) is 5.64. The van der Waals surface area contributed by atoms with Gasteiger partial charge in [0.25, 0.3) is 5.91 Å². The molecule has 0 aliphatic carbocycles. The van der Waals surface area contributed by atoms with E-state index in [0.29, 0.717) is 5.56 Å². The molecule has 1 aliphatic heterocycles. The number of pyridine rings is 1. The quantitative estimate of drug-likeness (QED) is 0.796. The summed E-state index contributed by atoms with van der Waals surface area (Å²) in [5, 5.41) is 3.95. The molecule has 3 aromatic rings. The van der Waals surface area contributed by atoms with Crippen LogP contribution < -0.4 is 10.2 Å². The van der Waals surface area contributed by atoms with Crippen molar-refractivity contribution in [1.82, 2.24) is 20.3 Å². The first-order valence-corrected chi connectivity index (χ1v) is 7.47. The molecule has 1 aliphatic rings. The van der Waals surface area contributed by atoms with E-state index in [1.807, 2.05) is 30.3 Å². The minimum atomic E-state index is -0.0593. The molecule has 0 saturated carbocycles. The first-order valence-electron chi connectivity index (χ1n) is 7.47. The molecule has 114 valence electrons. The first-order chi connectivity index (χ1) is 11.3. The Labute approximate surface area is 133 Å². The summed E-state index contributed by atoms with van der Waals surface area (Å²) in [7, 11) is 0. The first kappa shape index (κ1) is 13.6. The monoisotopic (exact) mass is 305 g/mol. The predicted molar refractivity (Wildman–Crippen MR) is 87.2 cm³/mol. The van der Waals surface area contributed by atoms with Crippen LogP contribution in [0.1, 0.15) is 10.4 Å². The maximum Gasteiger partial charge on any atom is 0.252 e. The van der Waals surface area contributed by atoms with Crippen molar-refractivity contribution in [1.29, 1.82) is 0 Å². The summed E-state index contributed by atoms with van der Waals surface area (Å²) >= 11 is 0. The molecule has 6 heteroatoms. The fraction of sp³-hybridized carbons (Fsp3) is 0.176. The van der Waals surface area contributed by atoms with E-state index in [1.54, 1.807) is 18.5 Å². The number of nitrogens with one attached hydrogen (secondary N) is 1. The van der Waals surface area contributed by atoms with E-state index in [9.17, 15) is 4.79 Å². The Kier molecular flexibility index (Phi) is 3.34. The van der Waals surface area contributed by atoms with Crippen molar-refractivity contribution in [3.8, 4) is 0 Å². The Balaban J connectivity index is 1.45. The molecule has 4 rings (SSSR count). The summed E-state index contributed by atoms with van der Waals surface area (Å²) in [6, 6.07) is 11.4. The van der Waals surface area contributed by atoms with Crippen LogP contribution in [-0.2, 0) is 0 Å². The molecular formula is C17H15N5O. The number of hydrogen-bond donors (Lipinski definition) is 1. The lowest BCUT2D eigenvalue weighted by Gasteiger charge is -2.40. The Hall–Kier alpha value is -3.02. The molecule has 3 heterocycles. The van der Waals surface area contributed by atoms with Crippen LogP contribution >= 0.6 is 0 Å². The van der Waals surface area contributed by atoms with E-state index >= 15 is 0 Å². The molecule has 0 atom stereocenters. The minimum Gasteiger partial charge on any atom is -0.352 e. The van der Waals surface area contributed by atoms with Gasteiger partial charge in [-0.15, -0.1) is 0 Å². The number of aromatic nitrogens is 3. The second-order valence-corrected chi connectivity index (χ2v) is 5.52. The number of carbonyl (C=O) groups excluding carboxylic acids is 1. The van der Waals surface area contributed by atoms with Gasteiger partial charge in [0, 0.05) is 30.9 Å². The largest absolute Gasteiger partial charge is 0.352 e. The molecule has 0 radical (unpaired) electrons. The lowest BCUT2D eigenvalue weighted by Crippen LogP contribution is -2.59. The molecular weight excluding hydrogens is 290 g/mol. The molecule has 1 amide bonds. The van der Waals surface area contributed by atoms with Gasteiger partial charge in [-0.1, -0.05) is 18.2 Å². The third-order valence-corrected chi connectivity index (χ3v) is 4.00. The highest BCUT2D eigenvalue weighted by Crippen LogP contribution is 2.19. The van der Waals surface area contributed by atoms with Crippen molar-refractivity contribution in [2.45, 2.75) is 6.04 Å². The molecule has 1 aromatic carbocycles. The van der Waals surface area contributed by atoms with Crippen molar-refractivity contribution in [2.75, 3.05) is 18.0 Å². The standard InChI is InChI=1S/C17H15N5O/c23-17(14-5-8-19-15-4-2-1-3-13(14)15)21-12-9-22(10-12)16-6-7-18-11-20-16/h1-8,11-12H,9-10H2,(H,21,23). The topological polar surface area (TPSA) is 71.0 Å². The highest BCUT2D eigenvalue weighted by Gasteiger charge is 2.29. The van der Waals surface area contributed by atoms with Gasteiger partial charge in [0.2, 0.25) is 0 Å². The van der Waals surface area contributed by atoms with Gasteiger partial charge < -0.3 is 10.2 Å². The Morgan fingerprint density at radius 1 is 1.09 bits per heavy atom. The van der Waals surface area contributed by atoms with Gasteiger partial charge >= 0.3 is 0 Å². The highest BCUT2D eigenvalue weighted by atomic mass is 16.1. The lowest BCUT2D eigenvalue weighted by molar-refractivity contribution is 0.0931. The number of hydrogen-bond acceptors (Lipinski definition) is 5. The highest BCUT2D eigenvalue weighted by molar-refractivity contribution is 6.06. The minimum absolute atomic E-state index is 0.0593. The zero-order chi connectivity index (χ0) is 15.6. The summed E-state index contributed by atoms with van der Waals surface area (Å²) in [5.74, 6) is 0.829. The van der Waals surface area contributed by atoms with Gasteiger partial charge in [0.15, 0.2) is 0 Å². The fourth-order valence-electron chi connectivity index (χ4n) is 2.78. The zero-order valence-electron chi connectivity index (χ0n) is 12.4. The van der Waals surface area contributed by atoms with Crippen LogP contribution in [0.5, 0.6) is 0 Å². The number of anilines is 1. The van der Waals surface area contributed by atoms with Gasteiger partial charge in [-0.2, -0.15) is 0 Å².